The summed E-state index contributed by atoms with van der Waals surface area (Å²) in [5.41, 5.74) is 10.9. The summed E-state index contributed by atoms with van der Waals surface area (Å²) >= 11 is 5.81. The summed E-state index contributed by atoms with van der Waals surface area (Å²) in [5.74, 6) is -0.695. The van der Waals surface area contributed by atoms with Crippen molar-refractivity contribution in [3.63, 3.8) is 0 Å². The number of amides is 1. The summed E-state index contributed by atoms with van der Waals surface area (Å²) in [5, 5.41) is 0.251. The van der Waals surface area contributed by atoms with Gasteiger partial charge in [-0.3, -0.25) is 4.79 Å². The molecule has 0 saturated heterocycles. The number of carbonyl (C=O) groups excluding carboxylic acids is 1. The largest absolute Gasteiger partial charge is 0.398 e. The number of primary amides is 1. The summed E-state index contributed by atoms with van der Waals surface area (Å²) in [6.45, 7) is 3.44. The van der Waals surface area contributed by atoms with Crippen LogP contribution >= 0.6 is 11.6 Å². The highest BCUT2D eigenvalue weighted by Gasteiger charge is 2.28. The molecule has 0 aliphatic carbocycles. The van der Waals surface area contributed by atoms with Crippen molar-refractivity contribution in [2.45, 2.75) is 18.7 Å². The van der Waals surface area contributed by atoms with Crippen molar-refractivity contribution in [3.05, 3.63) is 23.2 Å². The first-order valence-corrected chi connectivity index (χ1v) is 7.80. The van der Waals surface area contributed by atoms with Crippen LogP contribution in [0.3, 0.4) is 0 Å². The Morgan fingerprint density at radius 3 is 2.50 bits per heavy atom. The zero-order valence-electron chi connectivity index (χ0n) is 11.3. The van der Waals surface area contributed by atoms with Crippen LogP contribution in [0, 0.1) is 5.92 Å². The molecule has 0 atom stereocenters. The number of nitrogens with two attached hydrogens (primary N) is 2. The van der Waals surface area contributed by atoms with Gasteiger partial charge in [0.05, 0.1) is 12.2 Å². The molecule has 0 saturated carbocycles. The minimum absolute atomic E-state index is 0.0320. The molecule has 1 aromatic rings. The van der Waals surface area contributed by atoms with Crippen molar-refractivity contribution in [1.29, 1.82) is 0 Å². The normalized spacial score (nSPS) is 12.1. The second kappa shape index (κ2) is 6.43. The lowest BCUT2D eigenvalue weighted by atomic mass is 10.2. The van der Waals surface area contributed by atoms with Gasteiger partial charge < -0.3 is 11.5 Å². The maximum absolute atomic E-state index is 12.6. The van der Waals surface area contributed by atoms with Crippen LogP contribution in [-0.2, 0) is 14.8 Å². The minimum atomic E-state index is -3.92. The third kappa shape index (κ3) is 4.09. The molecule has 0 radical (unpaired) electrons. The lowest BCUT2D eigenvalue weighted by Gasteiger charge is -2.23. The molecule has 4 N–H and O–H groups in total. The highest BCUT2D eigenvalue weighted by Crippen LogP contribution is 2.26. The van der Waals surface area contributed by atoms with Gasteiger partial charge in [-0.1, -0.05) is 25.4 Å². The van der Waals surface area contributed by atoms with Crippen molar-refractivity contribution < 1.29 is 13.2 Å². The van der Waals surface area contributed by atoms with E-state index in [0.29, 0.717) is 0 Å². The average Bonchev–Trinajstić information content (AvgIpc) is 2.30. The molecule has 6 nitrogen and oxygen atoms in total. The van der Waals surface area contributed by atoms with Gasteiger partial charge in [-0.05, 0) is 24.1 Å². The van der Waals surface area contributed by atoms with E-state index in [1.807, 2.05) is 13.8 Å². The van der Waals surface area contributed by atoms with Crippen molar-refractivity contribution in [3.8, 4) is 0 Å². The molecule has 0 bridgehead atoms. The highest BCUT2D eigenvalue weighted by atomic mass is 35.5. The summed E-state index contributed by atoms with van der Waals surface area (Å²) in [7, 11) is -3.92. The Bertz CT molecular complexity index is 602. The van der Waals surface area contributed by atoms with Crippen molar-refractivity contribution in [1.82, 2.24) is 4.31 Å². The van der Waals surface area contributed by atoms with E-state index in [0.717, 1.165) is 4.31 Å². The van der Waals surface area contributed by atoms with E-state index in [1.165, 1.54) is 18.2 Å². The van der Waals surface area contributed by atoms with Gasteiger partial charge in [0.25, 0.3) is 0 Å². The van der Waals surface area contributed by atoms with Crippen LogP contribution in [0.4, 0.5) is 5.69 Å². The van der Waals surface area contributed by atoms with E-state index < -0.39 is 22.5 Å². The maximum Gasteiger partial charge on any atom is 0.245 e. The molecule has 8 heteroatoms. The van der Waals surface area contributed by atoms with Gasteiger partial charge in [-0.25, -0.2) is 8.42 Å². The summed E-state index contributed by atoms with van der Waals surface area (Å²) < 4.78 is 26.1. The Morgan fingerprint density at radius 2 is 2.00 bits per heavy atom. The van der Waals surface area contributed by atoms with Crippen LogP contribution in [0.1, 0.15) is 13.8 Å². The summed E-state index contributed by atoms with van der Waals surface area (Å²) in [4.78, 5) is 11.0. The third-order valence-electron chi connectivity index (χ3n) is 2.49. The molecule has 0 aliphatic rings. The fourth-order valence-electron chi connectivity index (χ4n) is 1.70. The lowest BCUT2D eigenvalue weighted by molar-refractivity contribution is -0.118. The molecular formula is C12H18ClN3O3S. The highest BCUT2D eigenvalue weighted by molar-refractivity contribution is 7.89. The van der Waals surface area contributed by atoms with Gasteiger partial charge in [0, 0.05) is 11.6 Å². The fraction of sp³-hybridized carbons (Fsp3) is 0.417. The van der Waals surface area contributed by atoms with Crippen LogP contribution in [0.25, 0.3) is 0 Å². The molecule has 0 aromatic heterocycles. The average molecular weight is 320 g/mol. The number of sulfonamides is 1. The standard InChI is InChI=1S/C12H18ClN3O3S/c1-8(2)6-16(7-12(15)17)20(18,19)11-5-9(13)3-4-10(11)14/h3-5,8H,6-7,14H2,1-2H3,(H2,15,17). The topological polar surface area (TPSA) is 106 Å². The van der Waals surface area contributed by atoms with E-state index in [-0.39, 0.29) is 28.1 Å². The van der Waals surface area contributed by atoms with E-state index in [9.17, 15) is 13.2 Å². The molecule has 0 spiro atoms. The number of hydrogen-bond acceptors (Lipinski definition) is 4. The molecule has 1 rings (SSSR count). The van der Waals surface area contributed by atoms with E-state index in [1.54, 1.807) is 0 Å². The minimum Gasteiger partial charge on any atom is -0.398 e. The molecule has 20 heavy (non-hydrogen) atoms. The Kier molecular flexibility index (Phi) is 5.38. The van der Waals surface area contributed by atoms with Crippen molar-refractivity contribution >= 4 is 33.2 Å². The van der Waals surface area contributed by atoms with Crippen LogP contribution in [-0.4, -0.2) is 31.7 Å². The third-order valence-corrected chi connectivity index (χ3v) is 4.60. The van der Waals surface area contributed by atoms with Gasteiger partial charge in [-0.15, -0.1) is 0 Å². The van der Waals surface area contributed by atoms with Crippen molar-refractivity contribution in [2.24, 2.45) is 11.7 Å². The number of nitrogens with zero attached hydrogens (tertiary/aromatic N) is 1. The zero-order chi connectivity index (χ0) is 15.5. The van der Waals surface area contributed by atoms with Gasteiger partial charge >= 0.3 is 0 Å². The van der Waals surface area contributed by atoms with Crippen LogP contribution < -0.4 is 11.5 Å². The number of benzene rings is 1. The van der Waals surface area contributed by atoms with Gasteiger partial charge in [0.2, 0.25) is 15.9 Å². The Morgan fingerprint density at radius 1 is 1.40 bits per heavy atom. The predicted octanol–water partition coefficient (Wildman–Crippen LogP) is 1.05. The van der Waals surface area contributed by atoms with E-state index in [2.05, 4.69) is 0 Å². The van der Waals surface area contributed by atoms with Crippen molar-refractivity contribution in [2.75, 3.05) is 18.8 Å². The van der Waals surface area contributed by atoms with Crippen LogP contribution in [0.5, 0.6) is 0 Å². The number of anilines is 1. The van der Waals surface area contributed by atoms with Gasteiger partial charge in [0.15, 0.2) is 0 Å². The number of nitrogen functional groups attached to an aromatic ring is 1. The summed E-state index contributed by atoms with van der Waals surface area (Å²) in [6.07, 6.45) is 0. The molecule has 0 fully saturated rings. The molecule has 1 amide bonds. The molecule has 0 aliphatic heterocycles. The first-order chi connectivity index (χ1) is 9.14. The second-order valence-electron chi connectivity index (χ2n) is 4.84. The zero-order valence-corrected chi connectivity index (χ0v) is 12.9. The SMILES string of the molecule is CC(C)CN(CC(N)=O)S(=O)(=O)c1cc(Cl)ccc1N. The molecule has 1 aromatic carbocycles. The number of halogens is 1. The van der Waals surface area contributed by atoms with Crippen LogP contribution in [0.2, 0.25) is 5.02 Å². The first-order valence-electron chi connectivity index (χ1n) is 5.98. The number of hydrogen-bond donors (Lipinski definition) is 2. The Labute approximate surface area is 123 Å². The first kappa shape index (κ1) is 16.7. The number of carbonyl (C=O) groups is 1. The van der Waals surface area contributed by atoms with E-state index >= 15 is 0 Å². The summed E-state index contributed by atoms with van der Waals surface area (Å²) in [6, 6.07) is 4.17. The molecule has 112 valence electrons. The quantitative estimate of drug-likeness (QED) is 0.764. The number of rotatable bonds is 6. The predicted molar refractivity (Wildman–Crippen MR) is 78.7 cm³/mol. The maximum atomic E-state index is 12.6. The van der Waals surface area contributed by atoms with Gasteiger partial charge in [-0.2, -0.15) is 4.31 Å². The molecule has 0 unspecified atom stereocenters. The Hall–Kier alpha value is -1.31. The molecular weight excluding hydrogens is 302 g/mol. The van der Waals surface area contributed by atoms with Crippen LogP contribution in [0.15, 0.2) is 23.1 Å². The monoisotopic (exact) mass is 319 g/mol. The fourth-order valence-corrected chi connectivity index (χ4v) is 3.65. The smallest absolute Gasteiger partial charge is 0.245 e. The Balaban J connectivity index is 3.28. The lowest BCUT2D eigenvalue weighted by Crippen LogP contribution is -2.40. The van der Waals surface area contributed by atoms with E-state index in [4.69, 9.17) is 23.1 Å². The molecule has 0 heterocycles. The van der Waals surface area contributed by atoms with Gasteiger partial charge in [0.1, 0.15) is 4.90 Å². The second-order valence-corrected chi connectivity index (χ2v) is 7.18.